The van der Waals surface area contributed by atoms with Gasteiger partial charge in [0.15, 0.2) is 11.0 Å². The molecule has 0 saturated carbocycles. The third-order valence-electron chi connectivity index (χ3n) is 3.89. The van der Waals surface area contributed by atoms with Crippen LogP contribution in [0.2, 0.25) is 0 Å². The van der Waals surface area contributed by atoms with E-state index in [1.54, 1.807) is 0 Å². The van der Waals surface area contributed by atoms with Gasteiger partial charge in [0, 0.05) is 0 Å². The van der Waals surface area contributed by atoms with Crippen LogP contribution >= 0.6 is 0 Å². The van der Waals surface area contributed by atoms with Crippen LogP contribution in [0.1, 0.15) is 51.9 Å². The molecule has 2 rings (SSSR count). The zero-order valence-corrected chi connectivity index (χ0v) is 12.4. The maximum Gasteiger partial charge on any atom is 0.244 e. The molecule has 0 saturated heterocycles. The fourth-order valence-corrected chi connectivity index (χ4v) is 2.76. The monoisotopic (exact) mass is 259 g/mol. The van der Waals surface area contributed by atoms with Gasteiger partial charge in [-0.2, -0.15) is 0 Å². The number of hydrogen-bond donors (Lipinski definition) is 0. The molecule has 0 radical (unpaired) electrons. The summed E-state index contributed by atoms with van der Waals surface area (Å²) in [6.07, 6.45) is 11.8. The number of para-hydroxylation sites is 2. The summed E-state index contributed by atoms with van der Waals surface area (Å²) < 4.78 is 4.61. The number of nitrogens with zero attached hydrogens (tertiary/aromatic N) is 2. The highest BCUT2D eigenvalue weighted by Crippen LogP contribution is 2.12. The lowest BCUT2D eigenvalue weighted by atomic mass is 10.1. The molecule has 0 fully saturated rings. The second-order valence-electron chi connectivity index (χ2n) is 5.53. The molecule has 104 valence electrons. The summed E-state index contributed by atoms with van der Waals surface area (Å²) in [5, 5.41) is 0. The van der Waals surface area contributed by atoms with Gasteiger partial charge in [0.25, 0.3) is 0 Å². The summed E-state index contributed by atoms with van der Waals surface area (Å²) in [6, 6.07) is 8.65. The second kappa shape index (κ2) is 7.32. The number of rotatable bonds is 8. The minimum atomic E-state index is 1.15. The molecule has 1 aromatic carbocycles. The highest BCUT2D eigenvalue weighted by atomic mass is 15.1. The van der Waals surface area contributed by atoms with Crippen molar-refractivity contribution in [3.05, 3.63) is 30.6 Å². The Morgan fingerprint density at radius 3 is 2.42 bits per heavy atom. The van der Waals surface area contributed by atoms with Gasteiger partial charge < -0.3 is 0 Å². The molecule has 0 spiro atoms. The van der Waals surface area contributed by atoms with E-state index in [2.05, 4.69) is 53.7 Å². The van der Waals surface area contributed by atoms with Crippen molar-refractivity contribution in [2.75, 3.05) is 0 Å². The Balaban J connectivity index is 1.79. The minimum Gasteiger partial charge on any atom is -0.233 e. The van der Waals surface area contributed by atoms with E-state index in [1.807, 2.05) is 0 Å². The average molecular weight is 259 g/mol. The van der Waals surface area contributed by atoms with Gasteiger partial charge in [0.05, 0.1) is 13.6 Å². The SMILES string of the molecule is CCCCCCCCCn1c[n+](C)c2ccccc21. The fraction of sp³-hybridized carbons (Fsp3) is 0.588. The normalized spacial score (nSPS) is 11.3. The molecule has 0 atom stereocenters. The van der Waals surface area contributed by atoms with E-state index in [9.17, 15) is 0 Å². The highest BCUT2D eigenvalue weighted by molar-refractivity contribution is 5.71. The van der Waals surface area contributed by atoms with E-state index < -0.39 is 0 Å². The van der Waals surface area contributed by atoms with Crippen LogP contribution in [0.5, 0.6) is 0 Å². The van der Waals surface area contributed by atoms with Crippen molar-refractivity contribution in [3.63, 3.8) is 0 Å². The van der Waals surface area contributed by atoms with E-state index in [4.69, 9.17) is 0 Å². The first-order valence-electron chi connectivity index (χ1n) is 7.76. The van der Waals surface area contributed by atoms with Gasteiger partial charge in [0.2, 0.25) is 6.33 Å². The van der Waals surface area contributed by atoms with Crippen molar-refractivity contribution in [2.24, 2.45) is 7.05 Å². The average Bonchev–Trinajstić information content (AvgIpc) is 2.75. The molecule has 1 aromatic heterocycles. The third-order valence-corrected chi connectivity index (χ3v) is 3.89. The predicted octanol–water partition coefficient (Wildman–Crippen LogP) is 4.22. The standard InChI is InChI=1S/C17H27N2/c1-3-4-5-6-7-8-11-14-19-15-18(2)16-12-9-10-13-17(16)19/h9-10,12-13,15H,3-8,11,14H2,1-2H3/q+1. The van der Waals surface area contributed by atoms with Crippen molar-refractivity contribution in [3.8, 4) is 0 Å². The van der Waals surface area contributed by atoms with Crippen molar-refractivity contribution in [2.45, 2.75) is 58.4 Å². The van der Waals surface area contributed by atoms with Gasteiger partial charge in [-0.1, -0.05) is 51.2 Å². The van der Waals surface area contributed by atoms with Gasteiger partial charge >= 0.3 is 0 Å². The van der Waals surface area contributed by atoms with Crippen molar-refractivity contribution in [1.29, 1.82) is 0 Å². The van der Waals surface area contributed by atoms with Crippen LogP contribution in [0.4, 0.5) is 0 Å². The van der Waals surface area contributed by atoms with Gasteiger partial charge in [0.1, 0.15) is 0 Å². The Bertz CT molecular complexity index is 499. The van der Waals surface area contributed by atoms with E-state index in [0.29, 0.717) is 0 Å². The molecule has 2 heteroatoms. The van der Waals surface area contributed by atoms with Crippen LogP contribution in [0.3, 0.4) is 0 Å². The summed E-state index contributed by atoms with van der Waals surface area (Å²) in [7, 11) is 2.13. The lowest BCUT2D eigenvalue weighted by Crippen LogP contribution is -2.25. The molecule has 0 amide bonds. The summed E-state index contributed by atoms with van der Waals surface area (Å²) in [5.41, 5.74) is 2.68. The van der Waals surface area contributed by atoms with Crippen LogP contribution in [0.15, 0.2) is 30.6 Å². The molecule has 19 heavy (non-hydrogen) atoms. The largest absolute Gasteiger partial charge is 0.244 e. The molecule has 0 aliphatic rings. The van der Waals surface area contributed by atoms with Gasteiger partial charge in [-0.25, -0.2) is 9.13 Å². The maximum absolute atomic E-state index is 2.39. The first-order valence-corrected chi connectivity index (χ1v) is 7.76. The zero-order chi connectivity index (χ0) is 13.5. The quantitative estimate of drug-likeness (QED) is 0.496. The van der Waals surface area contributed by atoms with Crippen molar-refractivity contribution >= 4 is 11.0 Å². The smallest absolute Gasteiger partial charge is 0.233 e. The van der Waals surface area contributed by atoms with E-state index in [-0.39, 0.29) is 0 Å². The Morgan fingerprint density at radius 1 is 0.947 bits per heavy atom. The molecule has 0 unspecified atom stereocenters. The Morgan fingerprint density at radius 2 is 1.63 bits per heavy atom. The molecular formula is C17H27N2+. The van der Waals surface area contributed by atoms with Crippen LogP contribution in [-0.2, 0) is 13.6 Å². The molecule has 0 aliphatic heterocycles. The van der Waals surface area contributed by atoms with Crippen molar-refractivity contribution in [1.82, 2.24) is 4.57 Å². The van der Waals surface area contributed by atoms with E-state index in [1.165, 1.54) is 56.0 Å². The topological polar surface area (TPSA) is 8.81 Å². The number of aryl methyl sites for hydroxylation is 2. The number of aromatic nitrogens is 2. The third kappa shape index (κ3) is 3.82. The number of benzene rings is 1. The number of imidazole rings is 1. The summed E-state index contributed by atoms with van der Waals surface area (Å²) in [5.74, 6) is 0. The Hall–Kier alpha value is -1.31. The number of fused-ring (bicyclic) bond motifs is 1. The molecule has 0 N–H and O–H groups in total. The molecule has 1 heterocycles. The molecule has 2 nitrogen and oxygen atoms in total. The van der Waals surface area contributed by atoms with Crippen molar-refractivity contribution < 1.29 is 4.57 Å². The van der Waals surface area contributed by atoms with Crippen LogP contribution in [0, 0.1) is 0 Å². The molecular weight excluding hydrogens is 232 g/mol. The lowest BCUT2D eigenvalue weighted by Gasteiger charge is -2.00. The van der Waals surface area contributed by atoms with Crippen LogP contribution in [0.25, 0.3) is 11.0 Å². The first kappa shape index (κ1) is 14.1. The van der Waals surface area contributed by atoms with E-state index >= 15 is 0 Å². The molecule has 0 bridgehead atoms. The number of hydrogen-bond acceptors (Lipinski definition) is 0. The summed E-state index contributed by atoms with van der Waals surface area (Å²) >= 11 is 0. The van der Waals surface area contributed by atoms with Gasteiger partial charge in [-0.15, -0.1) is 0 Å². The van der Waals surface area contributed by atoms with Gasteiger partial charge in [-0.3, -0.25) is 0 Å². The number of unbranched alkanes of at least 4 members (excludes halogenated alkanes) is 6. The zero-order valence-electron chi connectivity index (χ0n) is 12.4. The Labute approximate surface area is 117 Å². The van der Waals surface area contributed by atoms with E-state index in [0.717, 1.165) is 6.54 Å². The maximum atomic E-state index is 2.39. The first-order chi connectivity index (χ1) is 9.33. The predicted molar refractivity (Wildman–Crippen MR) is 81.1 cm³/mol. The fourth-order valence-electron chi connectivity index (χ4n) is 2.76. The van der Waals surface area contributed by atoms with Gasteiger partial charge in [-0.05, 0) is 25.0 Å². The summed E-state index contributed by atoms with van der Waals surface area (Å²) in [4.78, 5) is 0. The molecule has 0 aliphatic carbocycles. The Kier molecular flexibility index (Phi) is 5.44. The van der Waals surface area contributed by atoms with Crippen LogP contribution in [-0.4, -0.2) is 4.57 Å². The van der Waals surface area contributed by atoms with Crippen LogP contribution < -0.4 is 4.57 Å². The molecule has 2 aromatic rings. The lowest BCUT2D eigenvalue weighted by molar-refractivity contribution is -0.645. The minimum absolute atomic E-state index is 1.15. The summed E-state index contributed by atoms with van der Waals surface area (Å²) in [6.45, 7) is 3.42. The second-order valence-corrected chi connectivity index (χ2v) is 5.53. The highest BCUT2D eigenvalue weighted by Gasteiger charge is 2.11.